The first-order chi connectivity index (χ1) is 8.15. The average Bonchev–Trinajstić information content (AvgIpc) is 2.27. The predicted octanol–water partition coefficient (Wildman–Crippen LogP) is 2.16. The molecule has 2 aromatic rings. The van der Waals surface area contributed by atoms with Crippen LogP contribution in [-0.4, -0.2) is 22.0 Å². The molecule has 0 aliphatic heterocycles. The Kier molecular flexibility index (Phi) is 3.18. The quantitative estimate of drug-likeness (QED) is 0.830. The number of hydrogen-bond acceptors (Lipinski definition) is 3. The van der Waals surface area contributed by atoms with Crippen molar-refractivity contribution in [2.45, 2.75) is 19.9 Å². The molecule has 0 bridgehead atoms. The maximum Gasteiger partial charge on any atom is 0.319 e. The highest BCUT2D eigenvalue weighted by Gasteiger charge is 2.04. The number of amides is 2. The summed E-state index contributed by atoms with van der Waals surface area (Å²) in [6, 6.07) is 5.31. The summed E-state index contributed by atoms with van der Waals surface area (Å²) in [6.45, 7) is 3.82. The summed E-state index contributed by atoms with van der Waals surface area (Å²) in [5.41, 5.74) is 2.27. The summed E-state index contributed by atoms with van der Waals surface area (Å²) >= 11 is 0. The summed E-state index contributed by atoms with van der Waals surface area (Å²) in [4.78, 5) is 19.8. The first kappa shape index (κ1) is 11.3. The fourth-order valence-corrected chi connectivity index (χ4v) is 1.47. The maximum atomic E-state index is 11.5. The molecule has 0 unspecified atom stereocenters. The number of hydrogen-bond donors (Lipinski definition) is 2. The monoisotopic (exact) mass is 230 g/mol. The Morgan fingerprint density at radius 1 is 1.18 bits per heavy atom. The number of benzene rings is 1. The van der Waals surface area contributed by atoms with E-state index in [0.29, 0.717) is 5.69 Å². The lowest BCUT2D eigenvalue weighted by atomic mass is 10.2. The molecule has 88 valence electrons. The van der Waals surface area contributed by atoms with Gasteiger partial charge in [-0.25, -0.2) is 4.79 Å². The topological polar surface area (TPSA) is 66.9 Å². The molecule has 2 rings (SSSR count). The number of nitrogens with one attached hydrogen (secondary N) is 2. The second kappa shape index (κ2) is 4.78. The Morgan fingerprint density at radius 3 is 2.59 bits per heavy atom. The van der Waals surface area contributed by atoms with Crippen molar-refractivity contribution in [2.75, 3.05) is 5.32 Å². The molecule has 1 aromatic carbocycles. The largest absolute Gasteiger partial charge is 0.336 e. The van der Waals surface area contributed by atoms with E-state index >= 15 is 0 Å². The molecule has 5 nitrogen and oxygen atoms in total. The van der Waals surface area contributed by atoms with Crippen LogP contribution in [0.25, 0.3) is 11.0 Å². The zero-order valence-corrected chi connectivity index (χ0v) is 9.77. The van der Waals surface area contributed by atoms with Crippen LogP contribution in [0.2, 0.25) is 0 Å². The van der Waals surface area contributed by atoms with Crippen molar-refractivity contribution in [3.8, 4) is 0 Å². The van der Waals surface area contributed by atoms with Crippen LogP contribution in [0.15, 0.2) is 30.6 Å². The first-order valence-electron chi connectivity index (χ1n) is 5.43. The molecule has 0 saturated heterocycles. The lowest BCUT2D eigenvalue weighted by Crippen LogP contribution is -2.34. The molecule has 0 aliphatic carbocycles. The zero-order valence-electron chi connectivity index (χ0n) is 9.77. The van der Waals surface area contributed by atoms with Gasteiger partial charge in [-0.05, 0) is 32.0 Å². The normalized spacial score (nSPS) is 10.5. The number of urea groups is 1. The van der Waals surface area contributed by atoms with Crippen molar-refractivity contribution in [2.24, 2.45) is 0 Å². The molecule has 2 N–H and O–H groups in total. The third-order valence-corrected chi connectivity index (χ3v) is 2.15. The lowest BCUT2D eigenvalue weighted by molar-refractivity contribution is 0.250. The minimum Gasteiger partial charge on any atom is -0.336 e. The van der Waals surface area contributed by atoms with Crippen LogP contribution >= 0.6 is 0 Å². The third kappa shape index (κ3) is 2.90. The summed E-state index contributed by atoms with van der Waals surface area (Å²) < 4.78 is 0. The van der Waals surface area contributed by atoms with E-state index in [1.165, 1.54) is 0 Å². The van der Waals surface area contributed by atoms with Gasteiger partial charge in [-0.15, -0.1) is 0 Å². The Bertz CT molecular complexity index is 539. The van der Waals surface area contributed by atoms with Gasteiger partial charge in [-0.2, -0.15) is 0 Å². The van der Waals surface area contributed by atoms with Crippen molar-refractivity contribution < 1.29 is 4.79 Å². The molecule has 0 radical (unpaired) electrons. The van der Waals surface area contributed by atoms with Crippen LogP contribution in [0.1, 0.15) is 13.8 Å². The second-order valence-corrected chi connectivity index (χ2v) is 4.01. The fourth-order valence-electron chi connectivity index (χ4n) is 1.47. The van der Waals surface area contributed by atoms with Gasteiger partial charge in [0.2, 0.25) is 0 Å². The van der Waals surface area contributed by atoms with Gasteiger partial charge >= 0.3 is 6.03 Å². The zero-order chi connectivity index (χ0) is 12.3. The van der Waals surface area contributed by atoms with Gasteiger partial charge in [-0.1, -0.05) is 0 Å². The number of carbonyl (C=O) groups excluding carboxylic acids is 1. The molecule has 17 heavy (non-hydrogen) atoms. The molecular weight excluding hydrogens is 216 g/mol. The van der Waals surface area contributed by atoms with E-state index < -0.39 is 0 Å². The summed E-state index contributed by atoms with van der Waals surface area (Å²) in [7, 11) is 0. The second-order valence-electron chi connectivity index (χ2n) is 4.01. The molecule has 1 aromatic heterocycles. The van der Waals surface area contributed by atoms with Crippen LogP contribution < -0.4 is 10.6 Å². The van der Waals surface area contributed by atoms with E-state index in [0.717, 1.165) is 11.0 Å². The van der Waals surface area contributed by atoms with Gasteiger partial charge in [0.1, 0.15) is 0 Å². The molecular formula is C12H14N4O. The van der Waals surface area contributed by atoms with Gasteiger partial charge in [0, 0.05) is 24.1 Å². The molecule has 2 amide bonds. The third-order valence-electron chi connectivity index (χ3n) is 2.15. The van der Waals surface area contributed by atoms with Crippen LogP contribution in [0.5, 0.6) is 0 Å². The molecule has 5 heteroatoms. The van der Waals surface area contributed by atoms with Crippen LogP contribution in [0, 0.1) is 0 Å². The Labute approximate surface area is 99.3 Å². The van der Waals surface area contributed by atoms with E-state index in [2.05, 4.69) is 20.6 Å². The van der Waals surface area contributed by atoms with E-state index in [1.54, 1.807) is 24.5 Å². The van der Waals surface area contributed by atoms with Crippen molar-refractivity contribution >= 4 is 22.8 Å². The van der Waals surface area contributed by atoms with Crippen molar-refractivity contribution in [1.82, 2.24) is 15.3 Å². The lowest BCUT2D eigenvalue weighted by Gasteiger charge is -2.10. The van der Waals surface area contributed by atoms with E-state index in [-0.39, 0.29) is 12.1 Å². The van der Waals surface area contributed by atoms with E-state index in [1.807, 2.05) is 19.9 Å². The number of rotatable bonds is 2. The number of carbonyl (C=O) groups is 1. The minimum atomic E-state index is -0.219. The Morgan fingerprint density at radius 2 is 1.88 bits per heavy atom. The van der Waals surface area contributed by atoms with Crippen molar-refractivity contribution in [3.63, 3.8) is 0 Å². The predicted molar refractivity (Wildman–Crippen MR) is 66.8 cm³/mol. The molecule has 1 heterocycles. The molecule has 0 fully saturated rings. The summed E-state index contributed by atoms with van der Waals surface area (Å²) in [5.74, 6) is 0. The molecule has 0 saturated carbocycles. The standard InChI is InChI=1S/C12H14N4O/c1-8(2)15-12(17)16-9-3-4-10-11(7-9)14-6-5-13-10/h3-8H,1-2H3,(H2,15,16,17). The van der Waals surface area contributed by atoms with Gasteiger partial charge < -0.3 is 10.6 Å². The molecule has 0 spiro atoms. The Balaban J connectivity index is 2.17. The molecule has 0 aliphatic rings. The van der Waals surface area contributed by atoms with Crippen molar-refractivity contribution in [1.29, 1.82) is 0 Å². The SMILES string of the molecule is CC(C)NC(=O)Nc1ccc2nccnc2c1. The summed E-state index contributed by atoms with van der Waals surface area (Å²) in [5, 5.41) is 5.50. The van der Waals surface area contributed by atoms with Gasteiger partial charge in [0.25, 0.3) is 0 Å². The van der Waals surface area contributed by atoms with Gasteiger partial charge in [0.05, 0.1) is 11.0 Å². The number of aromatic nitrogens is 2. The number of fused-ring (bicyclic) bond motifs is 1. The highest BCUT2D eigenvalue weighted by molar-refractivity contribution is 5.91. The van der Waals surface area contributed by atoms with Crippen molar-refractivity contribution in [3.05, 3.63) is 30.6 Å². The summed E-state index contributed by atoms with van der Waals surface area (Å²) in [6.07, 6.45) is 3.27. The Hall–Kier alpha value is -2.17. The number of anilines is 1. The van der Waals surface area contributed by atoms with Crippen LogP contribution in [0.3, 0.4) is 0 Å². The fraction of sp³-hybridized carbons (Fsp3) is 0.250. The first-order valence-corrected chi connectivity index (χ1v) is 5.43. The highest BCUT2D eigenvalue weighted by Crippen LogP contribution is 2.14. The van der Waals surface area contributed by atoms with E-state index in [9.17, 15) is 4.79 Å². The average molecular weight is 230 g/mol. The smallest absolute Gasteiger partial charge is 0.319 e. The highest BCUT2D eigenvalue weighted by atomic mass is 16.2. The van der Waals surface area contributed by atoms with Crippen LogP contribution in [-0.2, 0) is 0 Å². The van der Waals surface area contributed by atoms with Gasteiger partial charge in [-0.3, -0.25) is 9.97 Å². The minimum absolute atomic E-state index is 0.107. The van der Waals surface area contributed by atoms with Gasteiger partial charge in [0.15, 0.2) is 0 Å². The van der Waals surface area contributed by atoms with Crippen LogP contribution in [0.4, 0.5) is 10.5 Å². The number of nitrogens with zero attached hydrogens (tertiary/aromatic N) is 2. The van der Waals surface area contributed by atoms with E-state index in [4.69, 9.17) is 0 Å². The molecule has 0 atom stereocenters. The maximum absolute atomic E-state index is 11.5.